The van der Waals surface area contributed by atoms with Gasteiger partial charge in [0.25, 0.3) is 10.0 Å². The van der Waals surface area contributed by atoms with E-state index < -0.39 is 34.1 Å². The van der Waals surface area contributed by atoms with E-state index in [9.17, 15) is 18.0 Å². The fourth-order valence-electron chi connectivity index (χ4n) is 4.11. The molecule has 3 rings (SSSR count). The molecule has 7 nitrogen and oxygen atoms in total. The van der Waals surface area contributed by atoms with Gasteiger partial charge in [0.15, 0.2) is 0 Å². The number of nitrogens with one attached hydrogen (secondary N) is 1. The lowest BCUT2D eigenvalue weighted by atomic mass is 10.1. The molecule has 0 radical (unpaired) electrons. The van der Waals surface area contributed by atoms with Crippen LogP contribution in [0.4, 0.5) is 5.69 Å². The number of benzene rings is 3. The Balaban J connectivity index is 2.08. The highest BCUT2D eigenvalue weighted by Crippen LogP contribution is 2.31. The van der Waals surface area contributed by atoms with Crippen molar-refractivity contribution >= 4 is 50.7 Å². The Kier molecular flexibility index (Phi) is 9.93. The highest BCUT2D eigenvalue weighted by atomic mass is 35.5. The molecule has 0 aliphatic heterocycles. The maximum atomic E-state index is 14.0. The van der Waals surface area contributed by atoms with Gasteiger partial charge in [0.1, 0.15) is 12.6 Å². The van der Waals surface area contributed by atoms with Crippen LogP contribution in [-0.4, -0.2) is 43.3 Å². The summed E-state index contributed by atoms with van der Waals surface area (Å²) in [4.78, 5) is 28.6. The molecular weight excluding hydrogens is 569 g/mol. The van der Waals surface area contributed by atoms with Gasteiger partial charge in [0.05, 0.1) is 10.6 Å². The van der Waals surface area contributed by atoms with Crippen LogP contribution in [0, 0.1) is 13.8 Å². The van der Waals surface area contributed by atoms with E-state index in [0.717, 1.165) is 9.87 Å². The Bertz CT molecular complexity index is 1490. The van der Waals surface area contributed by atoms with Gasteiger partial charge in [-0.15, -0.1) is 0 Å². The molecule has 214 valence electrons. The molecule has 0 aliphatic carbocycles. The lowest BCUT2D eigenvalue weighted by Gasteiger charge is -2.34. The molecule has 0 aliphatic rings. The summed E-state index contributed by atoms with van der Waals surface area (Å²) in [6, 6.07) is 17.4. The third kappa shape index (κ3) is 7.77. The summed E-state index contributed by atoms with van der Waals surface area (Å²) < 4.78 is 29.0. The molecule has 1 N–H and O–H groups in total. The molecule has 1 atom stereocenters. The Morgan fingerprint density at radius 3 is 2.17 bits per heavy atom. The highest BCUT2D eigenvalue weighted by Gasteiger charge is 2.34. The van der Waals surface area contributed by atoms with E-state index in [0.29, 0.717) is 21.2 Å². The number of carbonyl (C=O) groups is 2. The molecule has 0 fully saturated rings. The van der Waals surface area contributed by atoms with Crippen molar-refractivity contribution in [3.8, 4) is 0 Å². The minimum atomic E-state index is -4.19. The van der Waals surface area contributed by atoms with Crippen LogP contribution >= 0.6 is 23.2 Å². The average Bonchev–Trinajstić information content (AvgIpc) is 2.86. The first-order valence-corrected chi connectivity index (χ1v) is 15.0. The molecule has 3 aromatic carbocycles. The summed E-state index contributed by atoms with van der Waals surface area (Å²) >= 11 is 12.6. The van der Waals surface area contributed by atoms with Gasteiger partial charge in [-0.1, -0.05) is 59.1 Å². The van der Waals surface area contributed by atoms with Gasteiger partial charge in [-0.3, -0.25) is 13.9 Å². The van der Waals surface area contributed by atoms with Crippen molar-refractivity contribution in [1.29, 1.82) is 0 Å². The normalized spacial score (nSPS) is 12.5. The van der Waals surface area contributed by atoms with Crippen molar-refractivity contribution in [2.24, 2.45) is 0 Å². The van der Waals surface area contributed by atoms with Crippen LogP contribution in [0.1, 0.15) is 44.4 Å². The monoisotopic (exact) mass is 603 g/mol. The summed E-state index contributed by atoms with van der Waals surface area (Å²) in [6.07, 6.45) is 0. The van der Waals surface area contributed by atoms with Crippen molar-refractivity contribution in [3.05, 3.63) is 93.5 Å². The van der Waals surface area contributed by atoms with Crippen LogP contribution in [0.25, 0.3) is 0 Å². The molecule has 0 saturated carbocycles. The molecular formula is C30H35Cl2N3O4S. The number of rotatable bonds is 9. The molecule has 0 spiro atoms. The largest absolute Gasteiger partial charge is 0.350 e. The quantitative estimate of drug-likeness (QED) is 0.318. The van der Waals surface area contributed by atoms with Crippen LogP contribution in [0.5, 0.6) is 0 Å². The van der Waals surface area contributed by atoms with E-state index >= 15 is 0 Å². The zero-order valence-electron chi connectivity index (χ0n) is 23.5. The fourth-order valence-corrected chi connectivity index (χ4v) is 5.96. The topological polar surface area (TPSA) is 86.8 Å². The second-order valence-corrected chi connectivity index (χ2v) is 13.5. The zero-order valence-corrected chi connectivity index (χ0v) is 25.9. The SMILES string of the molecule is Cc1ccc(S(=O)(=O)N(CC(=O)N(Cc2cccc(Cl)c2)[C@@H](C)C(=O)NC(C)(C)C)c2cccc(Cl)c2C)cc1. The summed E-state index contributed by atoms with van der Waals surface area (Å²) in [5, 5.41) is 3.75. The number of carbonyl (C=O) groups excluding carboxylic acids is 2. The Morgan fingerprint density at radius 1 is 0.950 bits per heavy atom. The van der Waals surface area contributed by atoms with Crippen molar-refractivity contribution in [1.82, 2.24) is 10.2 Å². The zero-order chi connectivity index (χ0) is 29.8. The van der Waals surface area contributed by atoms with E-state index in [1.165, 1.54) is 17.0 Å². The first-order chi connectivity index (χ1) is 18.6. The number of aryl methyl sites for hydroxylation is 1. The number of nitrogens with zero attached hydrogens (tertiary/aromatic N) is 2. The van der Waals surface area contributed by atoms with Crippen LogP contribution < -0.4 is 9.62 Å². The second-order valence-electron chi connectivity index (χ2n) is 10.8. The minimum Gasteiger partial charge on any atom is -0.350 e. The number of anilines is 1. The summed E-state index contributed by atoms with van der Waals surface area (Å²) in [5.74, 6) is -0.929. The Hall–Kier alpha value is -3.07. The van der Waals surface area contributed by atoms with Gasteiger partial charge in [0, 0.05) is 22.1 Å². The number of sulfonamides is 1. The number of hydrogen-bond acceptors (Lipinski definition) is 4. The van der Waals surface area contributed by atoms with Gasteiger partial charge in [-0.05, 0) is 89.1 Å². The van der Waals surface area contributed by atoms with Gasteiger partial charge in [0.2, 0.25) is 11.8 Å². The maximum absolute atomic E-state index is 14.0. The lowest BCUT2D eigenvalue weighted by Crippen LogP contribution is -2.54. The lowest BCUT2D eigenvalue weighted by molar-refractivity contribution is -0.140. The number of halogens is 2. The Morgan fingerprint density at radius 2 is 1.57 bits per heavy atom. The molecule has 0 aromatic heterocycles. The fraction of sp³-hybridized carbons (Fsp3) is 0.333. The predicted molar refractivity (Wildman–Crippen MR) is 161 cm³/mol. The van der Waals surface area contributed by atoms with Gasteiger partial charge in [-0.25, -0.2) is 8.42 Å². The molecule has 0 bridgehead atoms. The molecule has 0 unspecified atom stereocenters. The van der Waals surface area contributed by atoms with Crippen molar-refractivity contribution in [2.45, 2.75) is 64.6 Å². The standard InChI is InChI=1S/C30H35Cl2N3O4S/c1-20-13-15-25(16-14-20)40(38,39)35(27-12-8-11-26(32)21(27)2)19-28(36)34(18-23-9-7-10-24(31)17-23)22(3)29(37)33-30(4,5)6/h7-17,22H,18-19H2,1-6H3,(H,33,37)/t22-/m0/s1. The smallest absolute Gasteiger partial charge is 0.264 e. The average molecular weight is 605 g/mol. The van der Waals surface area contributed by atoms with E-state index in [4.69, 9.17) is 23.2 Å². The first kappa shape index (κ1) is 31.5. The van der Waals surface area contributed by atoms with E-state index in [2.05, 4.69) is 5.32 Å². The van der Waals surface area contributed by atoms with Crippen LogP contribution in [-0.2, 0) is 26.2 Å². The van der Waals surface area contributed by atoms with Gasteiger partial charge < -0.3 is 10.2 Å². The first-order valence-electron chi connectivity index (χ1n) is 12.8. The molecule has 2 amide bonds. The van der Waals surface area contributed by atoms with E-state index in [1.54, 1.807) is 68.4 Å². The third-order valence-electron chi connectivity index (χ3n) is 6.30. The van der Waals surface area contributed by atoms with E-state index in [1.807, 2.05) is 27.7 Å². The van der Waals surface area contributed by atoms with Gasteiger partial charge >= 0.3 is 0 Å². The van der Waals surface area contributed by atoms with Crippen LogP contribution in [0.3, 0.4) is 0 Å². The molecule has 0 heterocycles. The van der Waals surface area contributed by atoms with Crippen molar-refractivity contribution in [3.63, 3.8) is 0 Å². The maximum Gasteiger partial charge on any atom is 0.264 e. The Labute approximate surface area is 247 Å². The summed E-state index contributed by atoms with van der Waals surface area (Å²) in [5.41, 5.74) is 1.84. The van der Waals surface area contributed by atoms with Gasteiger partial charge in [-0.2, -0.15) is 0 Å². The number of hydrogen-bond donors (Lipinski definition) is 1. The third-order valence-corrected chi connectivity index (χ3v) is 8.72. The minimum absolute atomic E-state index is 0.0326. The molecule has 0 saturated heterocycles. The molecule has 10 heteroatoms. The van der Waals surface area contributed by atoms with Crippen molar-refractivity contribution < 1.29 is 18.0 Å². The van der Waals surface area contributed by atoms with Crippen LogP contribution in [0.2, 0.25) is 10.0 Å². The van der Waals surface area contributed by atoms with E-state index in [-0.39, 0.29) is 23.0 Å². The summed E-state index contributed by atoms with van der Waals surface area (Å²) in [6.45, 7) is 10.2. The van der Waals surface area contributed by atoms with Crippen molar-refractivity contribution in [2.75, 3.05) is 10.8 Å². The highest BCUT2D eigenvalue weighted by molar-refractivity contribution is 7.92. The molecule has 40 heavy (non-hydrogen) atoms. The predicted octanol–water partition coefficient (Wildman–Crippen LogP) is 6.14. The van der Waals surface area contributed by atoms with Crippen LogP contribution in [0.15, 0.2) is 71.6 Å². The molecule has 3 aromatic rings. The summed E-state index contributed by atoms with van der Waals surface area (Å²) in [7, 11) is -4.19. The number of amides is 2. The second kappa shape index (κ2) is 12.6.